The molecule has 0 N–H and O–H groups in total. The van der Waals surface area contributed by atoms with Crippen molar-refractivity contribution >= 4 is 140 Å². The molecule has 0 saturated carbocycles. The quantitative estimate of drug-likeness (QED) is 0.162. The second-order valence-electron chi connectivity index (χ2n) is 14.7. The van der Waals surface area contributed by atoms with Gasteiger partial charge in [-0.2, -0.15) is 0 Å². The van der Waals surface area contributed by atoms with E-state index in [0.29, 0.717) is 0 Å². The maximum atomic E-state index is 2.31. The third-order valence-corrected chi connectivity index (χ3v) is 19.4. The SMILES string of the molecule is CC.CC.CC.CC.CC.CC.CC.CC.CC.Cc1cc2sc(C)cc2s1.Cc1ccc(-c2cc3sc(C)cc3s2)cc1.Cc1ccc(-c2cc3sc(C)cc3s2)cc1.Cc1ccc(C)s1.Cc1csc2c(C)csc12. The van der Waals surface area contributed by atoms with Gasteiger partial charge in [0.15, 0.2) is 0 Å². The molecule has 428 valence electrons. The predicted molar refractivity (Wildman–Crippen MR) is 384 cm³/mol. The molecular formula is C68H102S9. The summed E-state index contributed by atoms with van der Waals surface area (Å²) in [5, 5.41) is 4.46. The first-order chi connectivity index (χ1) is 37.3. The summed E-state index contributed by atoms with van der Waals surface area (Å²) in [5.41, 5.74) is 8.15. The molecule has 9 heteroatoms. The van der Waals surface area contributed by atoms with Crippen LogP contribution >= 0.6 is 102 Å². The number of benzene rings is 2. The number of fused-ring (bicyclic) bond motifs is 4. The van der Waals surface area contributed by atoms with Crippen LogP contribution in [0.5, 0.6) is 0 Å². The Kier molecular flexibility index (Phi) is 47.1. The van der Waals surface area contributed by atoms with Gasteiger partial charge in [0, 0.05) is 76.6 Å². The minimum atomic E-state index is 1.32. The molecule has 0 atom stereocenters. The summed E-state index contributed by atoms with van der Waals surface area (Å²) in [6.07, 6.45) is 0. The number of rotatable bonds is 2. The lowest BCUT2D eigenvalue weighted by Crippen LogP contribution is -1.72. The van der Waals surface area contributed by atoms with E-state index in [4.69, 9.17) is 0 Å². The van der Waals surface area contributed by atoms with Gasteiger partial charge in [-0.05, 0) is 151 Å². The Morgan fingerprint density at radius 3 is 0.688 bits per heavy atom. The highest BCUT2D eigenvalue weighted by Crippen LogP contribution is 2.39. The van der Waals surface area contributed by atoms with Crippen molar-refractivity contribution in [1.29, 1.82) is 0 Å². The maximum absolute atomic E-state index is 2.31. The van der Waals surface area contributed by atoms with E-state index < -0.39 is 0 Å². The van der Waals surface area contributed by atoms with Gasteiger partial charge in [-0.25, -0.2) is 0 Å². The van der Waals surface area contributed by atoms with Crippen molar-refractivity contribution in [3.05, 3.63) is 159 Å². The van der Waals surface area contributed by atoms with Crippen molar-refractivity contribution in [2.75, 3.05) is 0 Å². The minimum absolute atomic E-state index is 1.32. The van der Waals surface area contributed by atoms with E-state index in [9.17, 15) is 0 Å². The Hall–Kier alpha value is -3.22. The Morgan fingerprint density at radius 2 is 0.468 bits per heavy atom. The monoisotopic (exact) mass is 1210 g/mol. The fourth-order valence-electron chi connectivity index (χ4n) is 6.32. The Balaban J connectivity index is -0.000000843. The van der Waals surface area contributed by atoms with E-state index in [1.165, 1.54) is 110 Å². The lowest BCUT2D eigenvalue weighted by Gasteiger charge is -1.97. The Labute approximate surface area is 509 Å². The van der Waals surface area contributed by atoms with Crippen LogP contribution in [0.2, 0.25) is 0 Å². The topological polar surface area (TPSA) is 0 Å². The molecule has 0 aliphatic carbocycles. The van der Waals surface area contributed by atoms with Gasteiger partial charge in [-0.15, -0.1) is 102 Å². The average Bonchev–Trinajstić information content (AvgIpc) is 4.37. The molecule has 0 unspecified atom stereocenters. The van der Waals surface area contributed by atoms with E-state index in [1.54, 1.807) is 0 Å². The number of aryl methyl sites for hydroxylation is 10. The molecule has 11 aromatic rings. The molecule has 0 fully saturated rings. The highest BCUT2D eigenvalue weighted by molar-refractivity contribution is 7.30. The third kappa shape index (κ3) is 27.2. The Bertz CT molecular complexity index is 2750. The third-order valence-electron chi connectivity index (χ3n) is 9.29. The van der Waals surface area contributed by atoms with Crippen LogP contribution in [0.15, 0.2) is 108 Å². The zero-order valence-electron chi connectivity index (χ0n) is 53.1. The van der Waals surface area contributed by atoms with Gasteiger partial charge in [-0.3, -0.25) is 0 Å². The fraction of sp³-hybridized carbons (Fsp3) is 0.412. The molecule has 0 amide bonds. The average molecular weight is 1210 g/mol. The maximum Gasteiger partial charge on any atom is 0.0482 e. The largest absolute Gasteiger partial charge is 0.146 e. The van der Waals surface area contributed by atoms with Gasteiger partial charge < -0.3 is 0 Å². The number of hydrogen-bond donors (Lipinski definition) is 0. The lowest BCUT2D eigenvalue weighted by molar-refractivity contribution is 1.48. The summed E-state index contributed by atoms with van der Waals surface area (Å²) in [6.45, 7) is 57.5. The van der Waals surface area contributed by atoms with Crippen LogP contribution in [0.25, 0.3) is 58.5 Å². The molecule has 0 aliphatic rings. The van der Waals surface area contributed by atoms with Gasteiger partial charge in [0.1, 0.15) is 0 Å². The molecule has 9 heterocycles. The fourth-order valence-corrected chi connectivity index (χ4v) is 16.3. The molecule has 0 saturated heterocycles. The molecule has 0 nitrogen and oxygen atoms in total. The second kappa shape index (κ2) is 46.5. The summed E-state index contributed by atoms with van der Waals surface area (Å²) >= 11 is 16.9. The zero-order valence-corrected chi connectivity index (χ0v) is 60.4. The molecule has 0 spiro atoms. The van der Waals surface area contributed by atoms with Crippen molar-refractivity contribution < 1.29 is 0 Å². The van der Waals surface area contributed by atoms with Crippen molar-refractivity contribution in [3.63, 3.8) is 0 Å². The van der Waals surface area contributed by atoms with Crippen LogP contribution in [-0.2, 0) is 0 Å². The first kappa shape index (κ1) is 78.0. The summed E-state index contributed by atoms with van der Waals surface area (Å²) in [4.78, 5) is 11.2. The van der Waals surface area contributed by atoms with Crippen LogP contribution in [-0.4, -0.2) is 0 Å². The highest BCUT2D eigenvalue weighted by atomic mass is 32.1. The zero-order chi connectivity index (χ0) is 59.8. The molecular weight excluding hydrogens is 1110 g/mol. The van der Waals surface area contributed by atoms with E-state index in [2.05, 4.69) is 177 Å². The van der Waals surface area contributed by atoms with Gasteiger partial charge >= 0.3 is 0 Å². The van der Waals surface area contributed by atoms with Gasteiger partial charge in [0.2, 0.25) is 0 Å². The first-order valence-electron chi connectivity index (χ1n) is 28.3. The van der Waals surface area contributed by atoms with Gasteiger partial charge in [0.05, 0.1) is 0 Å². The van der Waals surface area contributed by atoms with E-state index >= 15 is 0 Å². The summed E-state index contributed by atoms with van der Waals surface area (Å²) in [7, 11) is 0. The molecule has 2 aromatic carbocycles. The first-order valence-corrected chi connectivity index (χ1v) is 35.8. The second-order valence-corrected chi connectivity index (χ2v) is 25.3. The summed E-state index contributed by atoms with van der Waals surface area (Å²) in [5.74, 6) is 0. The highest BCUT2D eigenvalue weighted by Gasteiger charge is 2.08. The summed E-state index contributed by atoms with van der Waals surface area (Å²) < 4.78 is 11.5. The van der Waals surface area contributed by atoms with E-state index in [0.717, 1.165) is 0 Å². The van der Waals surface area contributed by atoms with Gasteiger partial charge in [-0.1, -0.05) is 184 Å². The lowest BCUT2D eigenvalue weighted by atomic mass is 10.1. The van der Waals surface area contributed by atoms with Crippen LogP contribution in [0, 0.1) is 69.2 Å². The number of hydrogen-bond acceptors (Lipinski definition) is 9. The van der Waals surface area contributed by atoms with Crippen LogP contribution in [0.4, 0.5) is 0 Å². The van der Waals surface area contributed by atoms with Crippen molar-refractivity contribution in [2.24, 2.45) is 0 Å². The molecule has 0 bridgehead atoms. The summed E-state index contributed by atoms with van der Waals surface area (Å²) in [6, 6.07) is 35.5. The normalized spacial score (nSPS) is 9.04. The minimum Gasteiger partial charge on any atom is -0.146 e. The van der Waals surface area contributed by atoms with Crippen molar-refractivity contribution in [3.8, 4) is 20.9 Å². The standard InChI is InChI=1S/2C14H12S2.2C8H8S2.C6H8S.9C2H6/c2*1-9-3-5-11(6-4-9)12-8-14-13(16-12)7-10(2)15-14;1-5-3-9-8-6(2)4-10-7(5)8;1-5-3-7-8(9-5)4-6(2)10-7;1-5-3-4-6(2)7-5;9*1-2/h2*3-8H,1-2H3;2*3-4H,1-2H3;3-4H,1-2H3;9*1-2H3. The van der Waals surface area contributed by atoms with Crippen LogP contribution in [0.3, 0.4) is 0 Å². The van der Waals surface area contributed by atoms with Gasteiger partial charge in [0.25, 0.3) is 0 Å². The van der Waals surface area contributed by atoms with E-state index in [1.807, 2.05) is 227 Å². The van der Waals surface area contributed by atoms with Crippen molar-refractivity contribution in [2.45, 2.75) is 194 Å². The predicted octanol–water partition coefficient (Wildman–Crippen LogP) is 29.3. The van der Waals surface area contributed by atoms with E-state index in [-0.39, 0.29) is 0 Å². The molecule has 9 aromatic heterocycles. The number of thiophene rings is 9. The smallest absolute Gasteiger partial charge is 0.0482 e. The molecule has 0 radical (unpaired) electrons. The van der Waals surface area contributed by atoms with Crippen LogP contribution < -0.4 is 0 Å². The molecule has 0 aliphatic heterocycles. The van der Waals surface area contributed by atoms with Crippen molar-refractivity contribution in [1.82, 2.24) is 0 Å². The molecule has 77 heavy (non-hydrogen) atoms. The van der Waals surface area contributed by atoms with Crippen LogP contribution in [0.1, 0.15) is 176 Å². The Morgan fingerprint density at radius 1 is 0.234 bits per heavy atom. The molecule has 11 rings (SSSR count).